The lowest BCUT2D eigenvalue weighted by atomic mass is 10.1. The van der Waals surface area contributed by atoms with Gasteiger partial charge in [0.25, 0.3) is 5.69 Å². The number of nitrogens with one attached hydrogen (secondary N) is 1. The molecule has 0 amide bonds. The van der Waals surface area contributed by atoms with Crippen LogP contribution in [0, 0.1) is 17.0 Å². The first-order valence-electron chi connectivity index (χ1n) is 6.37. The van der Waals surface area contributed by atoms with Crippen LogP contribution in [-0.2, 0) is 6.54 Å². The Morgan fingerprint density at radius 1 is 1.24 bits per heavy atom. The fourth-order valence-corrected chi connectivity index (χ4v) is 2.10. The molecule has 0 aliphatic rings. The predicted octanol–water partition coefficient (Wildman–Crippen LogP) is 4.07. The van der Waals surface area contributed by atoms with Gasteiger partial charge in [0.05, 0.1) is 16.0 Å². The highest BCUT2D eigenvalue weighted by Gasteiger charge is 2.12. The van der Waals surface area contributed by atoms with E-state index >= 15 is 0 Å². The van der Waals surface area contributed by atoms with Crippen molar-refractivity contribution in [2.45, 2.75) is 13.5 Å². The minimum Gasteiger partial charge on any atom is -0.455 e. The van der Waals surface area contributed by atoms with Gasteiger partial charge in [0.1, 0.15) is 5.75 Å². The second-order valence-electron chi connectivity index (χ2n) is 4.60. The Bertz CT molecular complexity index is 674. The first-order chi connectivity index (χ1) is 10.0. The third-order valence-electron chi connectivity index (χ3n) is 2.97. The molecule has 110 valence electrons. The monoisotopic (exact) mass is 306 g/mol. The van der Waals surface area contributed by atoms with Crippen LogP contribution < -0.4 is 10.1 Å². The van der Waals surface area contributed by atoms with E-state index in [-0.39, 0.29) is 11.4 Å². The normalized spacial score (nSPS) is 10.4. The number of hydrogen-bond acceptors (Lipinski definition) is 4. The standard InChI is InChI=1S/C15H15ClN2O3/c1-10-7-11(9-17-2)3-6-14(10)21-15-8-12(18(19)20)4-5-13(15)16/h3-8,17H,9H2,1-2H3. The molecule has 0 unspecified atom stereocenters. The summed E-state index contributed by atoms with van der Waals surface area (Å²) in [6.45, 7) is 2.68. The van der Waals surface area contributed by atoms with E-state index in [2.05, 4.69) is 5.32 Å². The molecule has 21 heavy (non-hydrogen) atoms. The molecule has 0 aliphatic heterocycles. The second kappa shape index (κ2) is 6.56. The number of aryl methyl sites for hydroxylation is 1. The summed E-state index contributed by atoms with van der Waals surface area (Å²) in [5.74, 6) is 0.896. The predicted molar refractivity (Wildman–Crippen MR) is 82.1 cm³/mol. The highest BCUT2D eigenvalue weighted by Crippen LogP contribution is 2.34. The van der Waals surface area contributed by atoms with Gasteiger partial charge in [-0.15, -0.1) is 0 Å². The first kappa shape index (κ1) is 15.3. The Morgan fingerprint density at radius 2 is 2.00 bits per heavy atom. The van der Waals surface area contributed by atoms with E-state index in [0.29, 0.717) is 10.8 Å². The minimum absolute atomic E-state index is 0.0566. The van der Waals surface area contributed by atoms with Crippen molar-refractivity contribution in [2.24, 2.45) is 0 Å². The van der Waals surface area contributed by atoms with Crippen LogP contribution in [-0.4, -0.2) is 12.0 Å². The Hall–Kier alpha value is -2.11. The summed E-state index contributed by atoms with van der Waals surface area (Å²) >= 11 is 6.03. The third-order valence-corrected chi connectivity index (χ3v) is 3.28. The van der Waals surface area contributed by atoms with Gasteiger partial charge in [-0.05, 0) is 37.2 Å². The highest BCUT2D eigenvalue weighted by atomic mass is 35.5. The number of benzene rings is 2. The number of nitro groups is 1. The Morgan fingerprint density at radius 3 is 2.62 bits per heavy atom. The molecule has 2 aromatic rings. The van der Waals surface area contributed by atoms with Gasteiger partial charge in [0, 0.05) is 12.6 Å². The van der Waals surface area contributed by atoms with Crippen LogP contribution in [0.25, 0.3) is 0 Å². The number of nitrogens with zero attached hydrogens (tertiary/aromatic N) is 1. The molecule has 0 aliphatic carbocycles. The zero-order chi connectivity index (χ0) is 15.4. The zero-order valence-corrected chi connectivity index (χ0v) is 12.5. The maximum atomic E-state index is 10.8. The molecule has 1 N–H and O–H groups in total. The van der Waals surface area contributed by atoms with Gasteiger partial charge in [-0.1, -0.05) is 23.7 Å². The molecule has 0 heterocycles. The van der Waals surface area contributed by atoms with Crippen LogP contribution in [0.4, 0.5) is 5.69 Å². The fourth-order valence-electron chi connectivity index (χ4n) is 1.94. The van der Waals surface area contributed by atoms with Gasteiger partial charge >= 0.3 is 0 Å². The minimum atomic E-state index is -0.480. The molecular weight excluding hydrogens is 292 g/mol. The first-order valence-corrected chi connectivity index (χ1v) is 6.75. The van der Waals surface area contributed by atoms with Gasteiger partial charge in [0.15, 0.2) is 5.75 Å². The smallest absolute Gasteiger partial charge is 0.273 e. The van der Waals surface area contributed by atoms with Crippen molar-refractivity contribution in [3.05, 3.63) is 62.7 Å². The van der Waals surface area contributed by atoms with Gasteiger partial charge < -0.3 is 10.1 Å². The molecular formula is C15H15ClN2O3. The molecule has 0 saturated carbocycles. The van der Waals surface area contributed by atoms with Crippen LogP contribution in [0.5, 0.6) is 11.5 Å². The molecule has 0 bridgehead atoms. The lowest BCUT2D eigenvalue weighted by Gasteiger charge is -2.11. The van der Waals surface area contributed by atoms with E-state index in [0.717, 1.165) is 17.7 Å². The molecule has 0 radical (unpaired) electrons. The Kier molecular flexibility index (Phi) is 4.77. The van der Waals surface area contributed by atoms with E-state index in [1.165, 1.54) is 18.2 Å². The summed E-state index contributed by atoms with van der Waals surface area (Å²) in [5.41, 5.74) is 2.01. The van der Waals surface area contributed by atoms with Crippen molar-refractivity contribution in [2.75, 3.05) is 7.05 Å². The Labute approximate surface area is 127 Å². The lowest BCUT2D eigenvalue weighted by Crippen LogP contribution is -2.05. The molecule has 0 fully saturated rings. The van der Waals surface area contributed by atoms with Crippen LogP contribution in [0.2, 0.25) is 5.02 Å². The van der Waals surface area contributed by atoms with E-state index in [4.69, 9.17) is 16.3 Å². The van der Waals surface area contributed by atoms with Crippen LogP contribution in [0.15, 0.2) is 36.4 Å². The SMILES string of the molecule is CNCc1ccc(Oc2cc([N+](=O)[O-])ccc2Cl)c(C)c1. The van der Waals surface area contributed by atoms with Crippen molar-refractivity contribution < 1.29 is 9.66 Å². The molecule has 6 heteroatoms. The molecule has 5 nitrogen and oxygen atoms in total. The molecule has 0 aromatic heterocycles. The van der Waals surface area contributed by atoms with E-state index in [1.807, 2.05) is 32.2 Å². The molecule has 2 aromatic carbocycles. The summed E-state index contributed by atoms with van der Waals surface area (Å²) in [5, 5.41) is 14.2. The number of hydrogen-bond donors (Lipinski definition) is 1. The van der Waals surface area contributed by atoms with E-state index in [9.17, 15) is 10.1 Å². The van der Waals surface area contributed by atoms with Gasteiger partial charge in [-0.2, -0.15) is 0 Å². The van der Waals surface area contributed by atoms with E-state index < -0.39 is 4.92 Å². The maximum Gasteiger partial charge on any atom is 0.273 e. The molecule has 2 rings (SSSR count). The summed E-state index contributed by atoms with van der Waals surface area (Å²) in [6.07, 6.45) is 0. The van der Waals surface area contributed by atoms with Crippen LogP contribution in [0.3, 0.4) is 0 Å². The number of halogens is 1. The number of non-ortho nitro benzene ring substituents is 1. The largest absolute Gasteiger partial charge is 0.455 e. The van der Waals surface area contributed by atoms with Gasteiger partial charge in [-0.3, -0.25) is 10.1 Å². The van der Waals surface area contributed by atoms with Crippen LogP contribution in [0.1, 0.15) is 11.1 Å². The van der Waals surface area contributed by atoms with Gasteiger partial charge in [-0.25, -0.2) is 0 Å². The van der Waals surface area contributed by atoms with Crippen molar-refractivity contribution in [1.29, 1.82) is 0 Å². The van der Waals surface area contributed by atoms with E-state index in [1.54, 1.807) is 0 Å². The van der Waals surface area contributed by atoms with Crippen molar-refractivity contribution in [1.82, 2.24) is 5.32 Å². The Balaban J connectivity index is 2.29. The van der Waals surface area contributed by atoms with Crippen molar-refractivity contribution in [3.63, 3.8) is 0 Å². The average molecular weight is 307 g/mol. The summed E-state index contributed by atoms with van der Waals surface area (Å²) in [4.78, 5) is 10.3. The third kappa shape index (κ3) is 3.71. The topological polar surface area (TPSA) is 64.4 Å². The lowest BCUT2D eigenvalue weighted by molar-refractivity contribution is -0.384. The zero-order valence-electron chi connectivity index (χ0n) is 11.7. The van der Waals surface area contributed by atoms with Gasteiger partial charge in [0.2, 0.25) is 0 Å². The number of rotatable bonds is 5. The average Bonchev–Trinajstić information content (AvgIpc) is 2.44. The molecule has 0 atom stereocenters. The quantitative estimate of drug-likeness (QED) is 0.668. The number of nitro benzene ring substituents is 1. The molecule has 0 spiro atoms. The number of ether oxygens (including phenoxy) is 1. The summed E-state index contributed by atoms with van der Waals surface area (Å²) in [6, 6.07) is 9.89. The van der Waals surface area contributed by atoms with Crippen molar-refractivity contribution >= 4 is 17.3 Å². The maximum absolute atomic E-state index is 10.8. The highest BCUT2D eigenvalue weighted by molar-refractivity contribution is 6.32. The second-order valence-corrected chi connectivity index (χ2v) is 5.01. The van der Waals surface area contributed by atoms with Crippen LogP contribution >= 0.6 is 11.6 Å². The molecule has 0 saturated heterocycles. The van der Waals surface area contributed by atoms with Crippen molar-refractivity contribution in [3.8, 4) is 11.5 Å². The fraction of sp³-hybridized carbons (Fsp3) is 0.200. The summed E-state index contributed by atoms with van der Waals surface area (Å²) in [7, 11) is 1.88. The summed E-state index contributed by atoms with van der Waals surface area (Å²) < 4.78 is 5.71.